The van der Waals surface area contributed by atoms with E-state index in [2.05, 4.69) is 17.1 Å². The summed E-state index contributed by atoms with van der Waals surface area (Å²) in [4.78, 5) is 25.1. The second kappa shape index (κ2) is 8.35. The molecule has 1 aliphatic rings. The summed E-state index contributed by atoms with van der Waals surface area (Å²) in [6.07, 6.45) is 6.21. The summed E-state index contributed by atoms with van der Waals surface area (Å²) in [6.45, 7) is 2.58. The van der Waals surface area contributed by atoms with Gasteiger partial charge in [0.15, 0.2) is 10.9 Å². The van der Waals surface area contributed by atoms with Gasteiger partial charge in [0, 0.05) is 4.88 Å². The van der Waals surface area contributed by atoms with Crippen LogP contribution in [0.15, 0.2) is 60.1 Å². The Morgan fingerprint density at radius 1 is 1.21 bits per heavy atom. The van der Waals surface area contributed by atoms with E-state index in [1.165, 1.54) is 22.2 Å². The molecular formula is C23H20N4O4S2. The Morgan fingerprint density at radius 2 is 2.09 bits per heavy atom. The summed E-state index contributed by atoms with van der Waals surface area (Å²) in [5.41, 5.74) is 1.16. The predicted octanol–water partition coefficient (Wildman–Crippen LogP) is 5.16. The van der Waals surface area contributed by atoms with Gasteiger partial charge in [0.25, 0.3) is 5.56 Å². The highest BCUT2D eigenvalue weighted by molar-refractivity contribution is 7.98. The number of hydrogen-bond acceptors (Lipinski definition) is 9. The quantitative estimate of drug-likeness (QED) is 0.243. The highest BCUT2D eigenvalue weighted by Crippen LogP contribution is 2.37. The molecule has 1 unspecified atom stereocenters. The fraction of sp³-hybridized carbons (Fsp3) is 0.304. The Balaban J connectivity index is 1.37. The first-order chi connectivity index (χ1) is 16.2. The molecule has 0 radical (unpaired) electrons. The lowest BCUT2D eigenvalue weighted by molar-refractivity contribution is 0.390. The van der Waals surface area contributed by atoms with Crippen LogP contribution >= 0.6 is 23.1 Å². The first kappa shape index (κ1) is 20.5. The van der Waals surface area contributed by atoms with Gasteiger partial charge in [-0.2, -0.15) is 4.98 Å². The third-order valence-electron chi connectivity index (χ3n) is 5.81. The van der Waals surface area contributed by atoms with Gasteiger partial charge in [-0.15, -0.1) is 11.3 Å². The van der Waals surface area contributed by atoms with Crippen LogP contribution in [0, 0.1) is 5.92 Å². The van der Waals surface area contributed by atoms with Crippen molar-refractivity contribution >= 4 is 33.3 Å². The maximum absolute atomic E-state index is 13.7. The zero-order chi connectivity index (χ0) is 22.4. The topological polar surface area (TPSA) is 100 Å². The average Bonchev–Trinajstić information content (AvgIpc) is 3.60. The number of thioether (sulfide) groups is 1. The van der Waals surface area contributed by atoms with Crippen molar-refractivity contribution < 1.29 is 13.4 Å². The molecule has 5 aromatic heterocycles. The molecule has 0 N–H and O–H groups in total. The van der Waals surface area contributed by atoms with E-state index in [1.807, 2.05) is 12.1 Å². The summed E-state index contributed by atoms with van der Waals surface area (Å²) in [5, 5.41) is 5.34. The lowest BCUT2D eigenvalue weighted by Crippen LogP contribution is -2.24. The summed E-state index contributed by atoms with van der Waals surface area (Å²) < 4.78 is 17.9. The van der Waals surface area contributed by atoms with Gasteiger partial charge in [0.2, 0.25) is 11.7 Å². The van der Waals surface area contributed by atoms with E-state index < -0.39 is 0 Å². The largest absolute Gasteiger partial charge is 0.467 e. The fourth-order valence-corrected chi connectivity index (χ4v) is 6.42. The highest BCUT2D eigenvalue weighted by atomic mass is 32.2. The van der Waals surface area contributed by atoms with Crippen LogP contribution in [0.25, 0.3) is 21.8 Å². The minimum Gasteiger partial charge on any atom is -0.467 e. The molecule has 10 heteroatoms. The Hall–Kier alpha value is -3.11. The van der Waals surface area contributed by atoms with Gasteiger partial charge in [-0.25, -0.2) is 4.98 Å². The van der Waals surface area contributed by atoms with Crippen molar-refractivity contribution in [3.8, 4) is 11.6 Å². The zero-order valence-electron chi connectivity index (χ0n) is 17.8. The molecule has 0 amide bonds. The molecule has 0 bridgehead atoms. The molecule has 5 heterocycles. The molecule has 168 valence electrons. The summed E-state index contributed by atoms with van der Waals surface area (Å²) in [7, 11) is 0. The lowest BCUT2D eigenvalue weighted by Gasteiger charge is -2.17. The van der Waals surface area contributed by atoms with Crippen molar-refractivity contribution in [2.24, 2.45) is 5.92 Å². The number of nitrogens with zero attached hydrogens (tertiary/aromatic N) is 4. The molecule has 0 spiro atoms. The van der Waals surface area contributed by atoms with Gasteiger partial charge in [-0.3, -0.25) is 9.36 Å². The molecule has 0 saturated heterocycles. The Kier molecular flexibility index (Phi) is 5.18. The monoisotopic (exact) mass is 480 g/mol. The van der Waals surface area contributed by atoms with Crippen molar-refractivity contribution in [2.75, 3.05) is 0 Å². The molecule has 6 rings (SSSR count). The minimum absolute atomic E-state index is 0.0206. The number of rotatable bonds is 6. The van der Waals surface area contributed by atoms with Gasteiger partial charge in [-0.05, 0) is 55.0 Å². The van der Waals surface area contributed by atoms with E-state index in [4.69, 9.17) is 18.3 Å². The van der Waals surface area contributed by atoms with Crippen LogP contribution in [0.3, 0.4) is 0 Å². The zero-order valence-corrected chi connectivity index (χ0v) is 19.4. The van der Waals surface area contributed by atoms with Crippen LogP contribution < -0.4 is 5.56 Å². The standard InChI is InChI=1S/C23H20N4O4S2/c1-13-6-7-15-17(10-13)33-21-19(15)22(28)27(11-14-4-2-8-29-14)23(25-21)32-12-18-24-20(26-31-18)16-5-3-9-30-16/h2-5,8-9,13H,6-7,10-12H2,1H3. The lowest BCUT2D eigenvalue weighted by atomic mass is 9.89. The van der Waals surface area contributed by atoms with Crippen LogP contribution in [0.2, 0.25) is 0 Å². The summed E-state index contributed by atoms with van der Waals surface area (Å²) >= 11 is 3.05. The second-order valence-corrected chi connectivity index (χ2v) is 10.2. The van der Waals surface area contributed by atoms with Crippen LogP contribution in [0.1, 0.15) is 35.4 Å². The molecule has 1 aliphatic carbocycles. The Bertz CT molecular complexity index is 1460. The molecule has 0 fully saturated rings. The van der Waals surface area contributed by atoms with Crippen LogP contribution in [-0.2, 0) is 25.1 Å². The van der Waals surface area contributed by atoms with Gasteiger partial charge < -0.3 is 13.4 Å². The molecule has 0 aliphatic heterocycles. The van der Waals surface area contributed by atoms with Crippen LogP contribution in [0.4, 0.5) is 0 Å². The first-order valence-electron chi connectivity index (χ1n) is 10.7. The van der Waals surface area contributed by atoms with Crippen molar-refractivity contribution in [1.29, 1.82) is 0 Å². The van der Waals surface area contributed by atoms with Crippen LogP contribution in [0.5, 0.6) is 0 Å². The maximum Gasteiger partial charge on any atom is 0.263 e. The first-order valence-corrected chi connectivity index (χ1v) is 12.5. The number of hydrogen-bond donors (Lipinski definition) is 0. The van der Waals surface area contributed by atoms with Crippen molar-refractivity contribution in [3.63, 3.8) is 0 Å². The van der Waals surface area contributed by atoms with Crippen molar-refractivity contribution in [3.05, 3.63) is 69.2 Å². The molecule has 0 aromatic carbocycles. The van der Waals surface area contributed by atoms with Gasteiger partial charge >= 0.3 is 0 Å². The van der Waals surface area contributed by atoms with Gasteiger partial charge in [0.1, 0.15) is 10.6 Å². The fourth-order valence-electron chi connectivity index (χ4n) is 4.16. The second-order valence-electron chi connectivity index (χ2n) is 8.17. The third kappa shape index (κ3) is 3.83. The summed E-state index contributed by atoms with van der Waals surface area (Å²) in [5.74, 6) is 3.09. The average molecular weight is 481 g/mol. The minimum atomic E-state index is -0.0206. The Morgan fingerprint density at radius 3 is 2.91 bits per heavy atom. The van der Waals surface area contributed by atoms with Crippen molar-refractivity contribution in [1.82, 2.24) is 19.7 Å². The Labute approximate surface area is 196 Å². The van der Waals surface area contributed by atoms with E-state index >= 15 is 0 Å². The number of aromatic nitrogens is 4. The highest BCUT2D eigenvalue weighted by Gasteiger charge is 2.25. The number of aryl methyl sites for hydroxylation is 1. The van der Waals surface area contributed by atoms with Gasteiger partial charge in [0.05, 0.1) is 30.2 Å². The van der Waals surface area contributed by atoms with E-state index in [-0.39, 0.29) is 5.56 Å². The molecule has 8 nitrogen and oxygen atoms in total. The third-order valence-corrected chi connectivity index (χ3v) is 7.92. The SMILES string of the molecule is CC1CCc2c(sc3nc(SCc4nc(-c5ccco5)no4)n(Cc4ccco4)c(=O)c23)C1. The normalized spacial score (nSPS) is 15.8. The van der Waals surface area contributed by atoms with Gasteiger partial charge in [-0.1, -0.05) is 23.8 Å². The molecular weight excluding hydrogens is 460 g/mol. The molecule has 33 heavy (non-hydrogen) atoms. The molecule has 1 atom stereocenters. The number of furan rings is 2. The summed E-state index contributed by atoms with van der Waals surface area (Å²) in [6, 6.07) is 7.23. The van der Waals surface area contributed by atoms with Crippen LogP contribution in [-0.4, -0.2) is 19.7 Å². The van der Waals surface area contributed by atoms with E-state index in [1.54, 1.807) is 40.6 Å². The van der Waals surface area contributed by atoms with Crippen molar-refractivity contribution in [2.45, 2.75) is 43.6 Å². The predicted molar refractivity (Wildman–Crippen MR) is 124 cm³/mol. The van der Waals surface area contributed by atoms with E-state index in [0.29, 0.717) is 46.6 Å². The smallest absolute Gasteiger partial charge is 0.263 e. The molecule has 5 aromatic rings. The molecule has 0 saturated carbocycles. The van der Waals surface area contributed by atoms with E-state index in [9.17, 15) is 4.79 Å². The van der Waals surface area contributed by atoms with E-state index in [0.717, 1.165) is 29.5 Å². The maximum atomic E-state index is 13.7. The number of thiophene rings is 1. The number of fused-ring (bicyclic) bond motifs is 3.